The van der Waals surface area contributed by atoms with Crippen molar-refractivity contribution in [3.63, 3.8) is 0 Å². The Balaban J connectivity index is 2.34. The molecule has 0 unspecified atom stereocenters. The molecule has 0 aliphatic carbocycles. The standard InChI is InChI=1S/C12H13NO/c13-14-11-7-2-1-4-8-12-9-5-3-6-10-12/h2-3,5-7,9-10H,1,11,13H2. The van der Waals surface area contributed by atoms with E-state index in [4.69, 9.17) is 5.90 Å². The molecule has 0 bridgehead atoms. The molecule has 0 amide bonds. The van der Waals surface area contributed by atoms with Crippen molar-refractivity contribution in [2.24, 2.45) is 5.90 Å². The summed E-state index contributed by atoms with van der Waals surface area (Å²) in [5, 5.41) is 0. The Hall–Kier alpha value is -1.56. The van der Waals surface area contributed by atoms with Crippen LogP contribution in [0.5, 0.6) is 0 Å². The van der Waals surface area contributed by atoms with E-state index in [1.54, 1.807) is 0 Å². The monoisotopic (exact) mass is 187 g/mol. The molecule has 1 aromatic rings. The van der Waals surface area contributed by atoms with E-state index in [1.165, 1.54) is 0 Å². The number of benzene rings is 1. The summed E-state index contributed by atoms with van der Waals surface area (Å²) in [4.78, 5) is 4.37. The van der Waals surface area contributed by atoms with Gasteiger partial charge in [0.2, 0.25) is 0 Å². The number of rotatable bonds is 3. The topological polar surface area (TPSA) is 35.2 Å². The van der Waals surface area contributed by atoms with E-state index >= 15 is 0 Å². The fraction of sp³-hybridized carbons (Fsp3) is 0.167. The lowest BCUT2D eigenvalue weighted by atomic mass is 10.2. The summed E-state index contributed by atoms with van der Waals surface area (Å²) in [6.45, 7) is 0.438. The molecule has 2 nitrogen and oxygen atoms in total. The van der Waals surface area contributed by atoms with E-state index in [0.717, 1.165) is 12.0 Å². The Morgan fingerprint density at radius 2 is 2.00 bits per heavy atom. The third-order valence-electron chi connectivity index (χ3n) is 1.59. The predicted octanol–water partition coefficient (Wildman–Crippen LogP) is 1.87. The second kappa shape index (κ2) is 6.90. The van der Waals surface area contributed by atoms with E-state index in [-0.39, 0.29) is 0 Å². The molecule has 0 saturated heterocycles. The van der Waals surface area contributed by atoms with Crippen LogP contribution in [0.25, 0.3) is 0 Å². The SMILES string of the molecule is NOCC=CCC#Cc1ccccc1. The highest BCUT2D eigenvalue weighted by Gasteiger charge is 1.79. The number of hydrogen-bond acceptors (Lipinski definition) is 2. The zero-order valence-corrected chi connectivity index (χ0v) is 7.94. The summed E-state index contributed by atoms with van der Waals surface area (Å²) in [5.74, 6) is 10.9. The zero-order valence-electron chi connectivity index (χ0n) is 7.94. The number of hydrogen-bond donors (Lipinski definition) is 1. The van der Waals surface area contributed by atoms with Crippen LogP contribution in [0.4, 0.5) is 0 Å². The molecule has 14 heavy (non-hydrogen) atoms. The van der Waals surface area contributed by atoms with Crippen molar-refractivity contribution >= 4 is 0 Å². The van der Waals surface area contributed by atoms with Gasteiger partial charge in [-0.25, -0.2) is 5.90 Å². The first-order chi connectivity index (χ1) is 6.93. The minimum absolute atomic E-state index is 0.438. The molecule has 1 rings (SSSR count). The first kappa shape index (κ1) is 10.5. The second-order valence-corrected chi connectivity index (χ2v) is 2.68. The van der Waals surface area contributed by atoms with Crippen molar-refractivity contribution < 1.29 is 4.84 Å². The van der Waals surface area contributed by atoms with Gasteiger partial charge in [-0.15, -0.1) is 0 Å². The molecular formula is C12H13NO. The van der Waals surface area contributed by atoms with E-state index < -0.39 is 0 Å². The maximum Gasteiger partial charge on any atom is 0.0861 e. The van der Waals surface area contributed by atoms with Gasteiger partial charge in [0.05, 0.1) is 6.61 Å². The van der Waals surface area contributed by atoms with Crippen LogP contribution < -0.4 is 5.90 Å². The van der Waals surface area contributed by atoms with E-state index in [2.05, 4.69) is 16.7 Å². The minimum Gasteiger partial charge on any atom is -0.300 e. The maximum atomic E-state index is 4.85. The predicted molar refractivity (Wildman–Crippen MR) is 57.2 cm³/mol. The summed E-state index contributed by atoms with van der Waals surface area (Å²) in [5.41, 5.74) is 1.04. The molecule has 0 saturated carbocycles. The van der Waals surface area contributed by atoms with Crippen molar-refractivity contribution in [3.05, 3.63) is 48.0 Å². The quantitative estimate of drug-likeness (QED) is 0.445. The molecule has 2 N–H and O–H groups in total. The number of allylic oxidation sites excluding steroid dienone is 1. The van der Waals surface area contributed by atoms with Gasteiger partial charge in [0, 0.05) is 12.0 Å². The fourth-order valence-corrected chi connectivity index (χ4v) is 0.940. The molecule has 72 valence electrons. The third-order valence-corrected chi connectivity index (χ3v) is 1.59. The molecule has 1 aromatic carbocycles. The molecule has 0 aliphatic heterocycles. The van der Waals surface area contributed by atoms with Crippen molar-refractivity contribution in [2.75, 3.05) is 6.61 Å². The highest BCUT2D eigenvalue weighted by Crippen LogP contribution is 1.95. The molecule has 0 atom stereocenters. The van der Waals surface area contributed by atoms with Crippen LogP contribution in [0, 0.1) is 11.8 Å². The van der Waals surface area contributed by atoms with Crippen LogP contribution in [0.15, 0.2) is 42.5 Å². The first-order valence-corrected chi connectivity index (χ1v) is 4.44. The Labute approximate surface area is 84.3 Å². The molecule has 0 fully saturated rings. The van der Waals surface area contributed by atoms with Crippen molar-refractivity contribution in [1.82, 2.24) is 0 Å². The first-order valence-electron chi connectivity index (χ1n) is 4.44. The Bertz CT molecular complexity index is 332. The zero-order chi connectivity index (χ0) is 10.1. The van der Waals surface area contributed by atoms with Crippen molar-refractivity contribution in [1.29, 1.82) is 0 Å². The third kappa shape index (κ3) is 4.46. The average molecular weight is 187 g/mol. The van der Waals surface area contributed by atoms with Crippen LogP contribution >= 0.6 is 0 Å². The molecular weight excluding hydrogens is 174 g/mol. The van der Waals surface area contributed by atoms with Crippen LogP contribution in [0.1, 0.15) is 12.0 Å². The van der Waals surface area contributed by atoms with Crippen LogP contribution in [-0.2, 0) is 4.84 Å². The summed E-state index contributed by atoms with van der Waals surface area (Å²) in [6, 6.07) is 9.90. The van der Waals surface area contributed by atoms with Gasteiger partial charge in [0.25, 0.3) is 0 Å². The lowest BCUT2D eigenvalue weighted by Gasteiger charge is -1.86. The molecule has 2 heteroatoms. The number of nitrogens with two attached hydrogens (primary N) is 1. The molecule has 0 heterocycles. The van der Waals surface area contributed by atoms with Crippen LogP contribution in [-0.4, -0.2) is 6.61 Å². The van der Waals surface area contributed by atoms with E-state index in [1.807, 2.05) is 42.5 Å². The summed E-state index contributed by atoms with van der Waals surface area (Å²) < 4.78 is 0. The largest absolute Gasteiger partial charge is 0.300 e. The van der Waals surface area contributed by atoms with Gasteiger partial charge in [0.1, 0.15) is 0 Å². The van der Waals surface area contributed by atoms with E-state index in [9.17, 15) is 0 Å². The second-order valence-electron chi connectivity index (χ2n) is 2.68. The highest BCUT2D eigenvalue weighted by atomic mass is 16.6. The van der Waals surface area contributed by atoms with Gasteiger partial charge < -0.3 is 4.84 Å². The summed E-state index contributed by atoms with van der Waals surface area (Å²) in [7, 11) is 0. The maximum absolute atomic E-state index is 4.85. The fourth-order valence-electron chi connectivity index (χ4n) is 0.940. The molecule has 0 radical (unpaired) electrons. The van der Waals surface area contributed by atoms with Crippen molar-refractivity contribution in [2.45, 2.75) is 6.42 Å². The van der Waals surface area contributed by atoms with Gasteiger partial charge in [-0.3, -0.25) is 0 Å². The minimum atomic E-state index is 0.438. The van der Waals surface area contributed by atoms with Gasteiger partial charge >= 0.3 is 0 Å². The normalized spacial score (nSPS) is 9.79. The highest BCUT2D eigenvalue weighted by molar-refractivity contribution is 5.33. The van der Waals surface area contributed by atoms with E-state index in [0.29, 0.717) is 6.61 Å². The molecule has 0 aromatic heterocycles. The van der Waals surface area contributed by atoms with Gasteiger partial charge in [-0.05, 0) is 12.1 Å². The summed E-state index contributed by atoms with van der Waals surface area (Å²) >= 11 is 0. The van der Waals surface area contributed by atoms with Crippen LogP contribution in [0.3, 0.4) is 0 Å². The Morgan fingerprint density at radius 1 is 1.21 bits per heavy atom. The van der Waals surface area contributed by atoms with Crippen LogP contribution in [0.2, 0.25) is 0 Å². The van der Waals surface area contributed by atoms with Crippen molar-refractivity contribution in [3.8, 4) is 11.8 Å². The van der Waals surface area contributed by atoms with Gasteiger partial charge in [0.15, 0.2) is 0 Å². The summed E-state index contributed by atoms with van der Waals surface area (Å²) in [6.07, 6.45) is 4.50. The average Bonchev–Trinajstić information content (AvgIpc) is 2.25. The molecule has 0 aliphatic rings. The molecule has 0 spiro atoms. The lowest BCUT2D eigenvalue weighted by Crippen LogP contribution is -1.96. The Morgan fingerprint density at radius 3 is 2.71 bits per heavy atom. The van der Waals surface area contributed by atoms with Gasteiger partial charge in [-0.1, -0.05) is 42.2 Å². The van der Waals surface area contributed by atoms with Gasteiger partial charge in [-0.2, -0.15) is 0 Å². The Kier molecular flexibility index (Phi) is 5.19. The lowest BCUT2D eigenvalue weighted by molar-refractivity contribution is 0.168. The smallest absolute Gasteiger partial charge is 0.0861 e.